The molecule has 0 aromatic rings. The van der Waals surface area contributed by atoms with Gasteiger partial charge in [-0.3, -0.25) is 19.2 Å². The molecule has 7 nitrogen and oxygen atoms in total. The summed E-state index contributed by atoms with van der Waals surface area (Å²) in [5.74, 6) is -3.35. The Morgan fingerprint density at radius 2 is 1.85 bits per heavy atom. The maximum Gasteiger partial charge on any atom is 0.303 e. The van der Waals surface area contributed by atoms with Gasteiger partial charge in [0.15, 0.2) is 18.0 Å². The summed E-state index contributed by atoms with van der Waals surface area (Å²) in [5, 5.41) is 11.5. The zero-order chi connectivity index (χ0) is 25.2. The second-order valence-corrected chi connectivity index (χ2v) is 11.0. The number of aliphatic hydroxyl groups excluding tert-OH is 1. The number of rotatable bonds is 4. The van der Waals surface area contributed by atoms with Gasteiger partial charge in [-0.25, -0.2) is 4.39 Å². The van der Waals surface area contributed by atoms with Crippen LogP contribution in [0.25, 0.3) is 0 Å². The van der Waals surface area contributed by atoms with E-state index in [0.29, 0.717) is 12.0 Å². The fourth-order valence-corrected chi connectivity index (χ4v) is 8.02. The summed E-state index contributed by atoms with van der Waals surface area (Å²) >= 11 is 0. The van der Waals surface area contributed by atoms with E-state index in [1.165, 1.54) is 26.0 Å². The molecule has 0 spiro atoms. The van der Waals surface area contributed by atoms with Gasteiger partial charge in [0.2, 0.25) is 5.78 Å². The molecule has 34 heavy (non-hydrogen) atoms. The number of esters is 2. The molecule has 4 aliphatic carbocycles. The van der Waals surface area contributed by atoms with Crippen molar-refractivity contribution in [2.24, 2.45) is 34.5 Å². The highest BCUT2D eigenvalue weighted by molar-refractivity contribution is 6.01. The lowest BCUT2D eigenvalue weighted by atomic mass is 9.46. The number of ketones is 2. The molecular formula is C26H33FO7. The number of aliphatic hydroxyl groups is 1. The number of fused-ring (bicyclic) bond motifs is 5. The van der Waals surface area contributed by atoms with E-state index in [9.17, 15) is 24.3 Å². The zero-order valence-corrected chi connectivity index (χ0v) is 20.3. The van der Waals surface area contributed by atoms with Crippen molar-refractivity contribution in [1.82, 2.24) is 0 Å². The van der Waals surface area contributed by atoms with Crippen LogP contribution < -0.4 is 0 Å². The van der Waals surface area contributed by atoms with Gasteiger partial charge >= 0.3 is 11.9 Å². The molecule has 0 amide bonds. The fraction of sp³-hybridized carbons (Fsp3) is 0.692. The lowest BCUT2D eigenvalue weighted by Crippen LogP contribution is -2.64. The lowest BCUT2D eigenvalue weighted by molar-refractivity contribution is -0.206. The number of alkyl halides is 1. The summed E-state index contributed by atoms with van der Waals surface area (Å²) in [6.45, 7) is 7.40. The molecule has 0 heterocycles. The van der Waals surface area contributed by atoms with Gasteiger partial charge in [0, 0.05) is 36.5 Å². The average Bonchev–Trinajstić information content (AvgIpc) is 2.94. The molecule has 1 N–H and O–H groups in total. The molecule has 186 valence electrons. The predicted octanol–water partition coefficient (Wildman–Crippen LogP) is 2.89. The summed E-state index contributed by atoms with van der Waals surface area (Å²) in [6, 6.07) is 0. The molecule has 4 aliphatic rings. The summed E-state index contributed by atoms with van der Waals surface area (Å²) < 4.78 is 26.4. The average molecular weight is 477 g/mol. The Morgan fingerprint density at radius 1 is 1.18 bits per heavy atom. The van der Waals surface area contributed by atoms with E-state index >= 15 is 4.39 Å². The van der Waals surface area contributed by atoms with E-state index in [4.69, 9.17) is 9.47 Å². The van der Waals surface area contributed by atoms with Gasteiger partial charge in [0.25, 0.3) is 0 Å². The Hall–Kier alpha value is -2.35. The molecule has 0 radical (unpaired) electrons. The molecule has 4 rings (SSSR count). The smallest absolute Gasteiger partial charge is 0.303 e. The number of carbonyl (C=O) groups excluding carboxylic acids is 4. The molecule has 0 aliphatic heterocycles. The Labute approximate surface area is 198 Å². The van der Waals surface area contributed by atoms with Crippen LogP contribution in [0.1, 0.15) is 53.9 Å². The molecule has 0 aromatic heterocycles. The van der Waals surface area contributed by atoms with Crippen molar-refractivity contribution in [2.45, 2.75) is 71.8 Å². The van der Waals surface area contributed by atoms with Crippen LogP contribution in [-0.4, -0.2) is 53.1 Å². The van der Waals surface area contributed by atoms with Crippen LogP contribution in [0.5, 0.6) is 0 Å². The highest BCUT2D eigenvalue weighted by Crippen LogP contribution is 2.69. The van der Waals surface area contributed by atoms with Crippen molar-refractivity contribution in [3.05, 3.63) is 23.8 Å². The normalized spacial score (nSPS) is 44.9. The Bertz CT molecular complexity index is 1000. The summed E-state index contributed by atoms with van der Waals surface area (Å²) in [4.78, 5) is 49.2. The van der Waals surface area contributed by atoms with Gasteiger partial charge in [0.1, 0.15) is 6.17 Å². The number of hydrogen-bond donors (Lipinski definition) is 1. The van der Waals surface area contributed by atoms with Crippen LogP contribution in [0.15, 0.2) is 23.8 Å². The Morgan fingerprint density at radius 3 is 2.47 bits per heavy atom. The second kappa shape index (κ2) is 8.11. The molecule has 9 atom stereocenters. The van der Waals surface area contributed by atoms with Crippen LogP contribution in [0.2, 0.25) is 0 Å². The summed E-state index contributed by atoms with van der Waals surface area (Å²) in [6.07, 6.45) is 2.98. The maximum absolute atomic E-state index is 15.5. The quantitative estimate of drug-likeness (QED) is 0.622. The minimum Gasteiger partial charge on any atom is -0.458 e. The highest BCUT2D eigenvalue weighted by Gasteiger charge is 2.73. The Balaban J connectivity index is 1.80. The third kappa shape index (κ3) is 3.32. The van der Waals surface area contributed by atoms with Crippen LogP contribution in [0.4, 0.5) is 4.39 Å². The first-order valence-electron chi connectivity index (χ1n) is 11.9. The van der Waals surface area contributed by atoms with Crippen LogP contribution in [-0.2, 0) is 28.7 Å². The molecular weight excluding hydrogens is 443 g/mol. The molecule has 0 saturated heterocycles. The molecule has 8 heteroatoms. The monoisotopic (exact) mass is 476 g/mol. The first-order valence-corrected chi connectivity index (χ1v) is 11.9. The van der Waals surface area contributed by atoms with E-state index in [0.717, 1.165) is 0 Å². The van der Waals surface area contributed by atoms with Crippen molar-refractivity contribution in [2.75, 3.05) is 6.61 Å². The highest BCUT2D eigenvalue weighted by atomic mass is 19.1. The van der Waals surface area contributed by atoms with E-state index < -0.39 is 59.0 Å². The lowest BCUT2D eigenvalue weighted by Gasteiger charge is -2.60. The standard InChI is InChI=1S/C26H33FO7/c1-13-8-18-17-10-20(27)19-9-16(30)6-7-24(19,4)23(17)21(31)11-25(18,5)26(13,34-15(3)29)22(32)12-33-14(2)28/h6-7,9,13,17-18,20-21,23,31H,8,10-12H2,1-5H3/t13-,17+,18+,20+,21?,23-,24+,25+,26+/m1/s1. The Kier molecular flexibility index (Phi) is 5.91. The van der Waals surface area contributed by atoms with Crippen LogP contribution >= 0.6 is 0 Å². The summed E-state index contributed by atoms with van der Waals surface area (Å²) in [7, 11) is 0. The first kappa shape index (κ1) is 24.8. The van der Waals surface area contributed by atoms with Crippen LogP contribution in [0, 0.1) is 34.5 Å². The van der Waals surface area contributed by atoms with Gasteiger partial charge in [-0.05, 0) is 48.8 Å². The second-order valence-electron chi connectivity index (χ2n) is 11.0. The maximum atomic E-state index is 15.5. The van der Waals surface area contributed by atoms with Gasteiger partial charge in [-0.1, -0.05) is 26.8 Å². The number of ether oxygens (including phenoxy) is 2. The first-order chi connectivity index (χ1) is 15.8. The third-order valence-electron chi connectivity index (χ3n) is 9.14. The molecule has 1 unspecified atom stereocenters. The minimum absolute atomic E-state index is 0.117. The molecule has 3 saturated carbocycles. The SMILES string of the molecule is CC(=O)OCC(=O)[C@@]1(OC(C)=O)[C@H](C)C[C@H]2[C@@H]3C[C@H](F)C4=CC(=O)C=C[C@]4(C)[C@H]3C(O)C[C@@]21C. The van der Waals surface area contributed by atoms with E-state index in [2.05, 4.69) is 0 Å². The van der Waals surface area contributed by atoms with Crippen molar-refractivity contribution in [3.63, 3.8) is 0 Å². The summed E-state index contributed by atoms with van der Waals surface area (Å²) in [5.41, 5.74) is -3.02. The van der Waals surface area contributed by atoms with Gasteiger partial charge in [0.05, 0.1) is 6.10 Å². The van der Waals surface area contributed by atoms with Crippen LogP contribution in [0.3, 0.4) is 0 Å². The number of hydrogen-bond acceptors (Lipinski definition) is 7. The van der Waals surface area contributed by atoms with Gasteiger partial charge < -0.3 is 14.6 Å². The molecule has 0 aromatic carbocycles. The van der Waals surface area contributed by atoms with Crippen molar-refractivity contribution >= 4 is 23.5 Å². The number of allylic oxidation sites excluding steroid dienone is 4. The largest absolute Gasteiger partial charge is 0.458 e. The van der Waals surface area contributed by atoms with E-state index in [1.54, 1.807) is 6.08 Å². The number of halogens is 1. The van der Waals surface area contributed by atoms with E-state index in [-0.39, 0.29) is 36.4 Å². The van der Waals surface area contributed by atoms with Crippen molar-refractivity contribution in [3.8, 4) is 0 Å². The number of carbonyl (C=O) groups is 4. The predicted molar refractivity (Wildman–Crippen MR) is 119 cm³/mol. The number of Topliss-reactive ketones (excluding diaryl/α,β-unsaturated/α-hetero) is 1. The van der Waals surface area contributed by atoms with E-state index in [1.807, 2.05) is 20.8 Å². The molecule has 3 fully saturated rings. The zero-order valence-electron chi connectivity index (χ0n) is 20.3. The molecule has 0 bridgehead atoms. The topological polar surface area (TPSA) is 107 Å². The minimum atomic E-state index is -1.61. The van der Waals surface area contributed by atoms with Crippen molar-refractivity contribution in [1.29, 1.82) is 0 Å². The van der Waals surface area contributed by atoms with Gasteiger partial charge in [-0.15, -0.1) is 0 Å². The van der Waals surface area contributed by atoms with Gasteiger partial charge in [-0.2, -0.15) is 0 Å². The third-order valence-corrected chi connectivity index (χ3v) is 9.14. The van der Waals surface area contributed by atoms with Crippen molar-refractivity contribution < 1.29 is 38.1 Å². The fourth-order valence-electron chi connectivity index (χ4n) is 8.02.